The van der Waals surface area contributed by atoms with Gasteiger partial charge in [0.25, 0.3) is 0 Å². The van der Waals surface area contributed by atoms with Gasteiger partial charge in [-0.25, -0.2) is 17.2 Å². The van der Waals surface area contributed by atoms with E-state index in [-0.39, 0.29) is 23.8 Å². The van der Waals surface area contributed by atoms with E-state index in [4.69, 9.17) is 0 Å². The molecule has 23 heavy (non-hydrogen) atoms. The Hall–Kier alpha value is -1.99. The minimum atomic E-state index is -3.73. The molecule has 1 aliphatic rings. The number of anilines is 1. The lowest BCUT2D eigenvalue weighted by Gasteiger charge is -2.35. The van der Waals surface area contributed by atoms with E-state index < -0.39 is 15.8 Å². The number of para-hydroxylation sites is 1. The molecular formula is C16H16F2N2O2S. The van der Waals surface area contributed by atoms with Crippen LogP contribution in [0.1, 0.15) is 0 Å². The second-order valence-corrected chi connectivity index (χ2v) is 7.24. The van der Waals surface area contributed by atoms with Crippen LogP contribution in [0.2, 0.25) is 0 Å². The molecule has 0 amide bonds. The monoisotopic (exact) mass is 338 g/mol. The van der Waals surface area contributed by atoms with Crippen molar-refractivity contribution in [2.75, 3.05) is 31.1 Å². The molecule has 0 aliphatic carbocycles. The average Bonchev–Trinajstić information content (AvgIpc) is 2.55. The first-order valence-electron chi connectivity index (χ1n) is 7.24. The summed E-state index contributed by atoms with van der Waals surface area (Å²) in [6, 6.07) is 11.4. The van der Waals surface area contributed by atoms with Crippen molar-refractivity contribution in [1.29, 1.82) is 0 Å². The van der Waals surface area contributed by atoms with Crippen molar-refractivity contribution in [3.05, 3.63) is 60.2 Å². The van der Waals surface area contributed by atoms with Crippen molar-refractivity contribution in [3.63, 3.8) is 0 Å². The molecule has 0 saturated carbocycles. The first-order valence-corrected chi connectivity index (χ1v) is 8.68. The van der Waals surface area contributed by atoms with E-state index >= 15 is 0 Å². The number of benzene rings is 2. The maximum absolute atomic E-state index is 13.8. The summed E-state index contributed by atoms with van der Waals surface area (Å²) in [5, 5.41) is 0. The van der Waals surface area contributed by atoms with Gasteiger partial charge in [-0.15, -0.1) is 0 Å². The predicted octanol–water partition coefficient (Wildman–Crippen LogP) is 2.48. The molecule has 1 aliphatic heterocycles. The molecule has 0 atom stereocenters. The Bertz CT molecular complexity index is 803. The number of hydrogen-bond acceptors (Lipinski definition) is 3. The van der Waals surface area contributed by atoms with E-state index in [1.165, 1.54) is 28.6 Å². The number of rotatable bonds is 3. The summed E-state index contributed by atoms with van der Waals surface area (Å²) in [5.74, 6) is -0.912. The van der Waals surface area contributed by atoms with E-state index in [0.717, 1.165) is 6.07 Å². The van der Waals surface area contributed by atoms with E-state index in [1.807, 2.05) is 4.90 Å². The van der Waals surface area contributed by atoms with Crippen molar-refractivity contribution >= 4 is 15.7 Å². The summed E-state index contributed by atoms with van der Waals surface area (Å²) in [6.07, 6.45) is 0. The van der Waals surface area contributed by atoms with Gasteiger partial charge >= 0.3 is 0 Å². The molecule has 1 heterocycles. The number of nitrogens with zero attached hydrogens (tertiary/aromatic N) is 2. The van der Waals surface area contributed by atoms with Crippen LogP contribution >= 0.6 is 0 Å². The summed E-state index contributed by atoms with van der Waals surface area (Å²) in [7, 11) is -3.73. The molecule has 1 fully saturated rings. The van der Waals surface area contributed by atoms with Crippen LogP contribution in [0, 0.1) is 11.6 Å². The van der Waals surface area contributed by atoms with Gasteiger partial charge < -0.3 is 4.90 Å². The van der Waals surface area contributed by atoms with Crippen LogP contribution in [0.15, 0.2) is 53.4 Å². The van der Waals surface area contributed by atoms with Crippen LogP contribution in [0.4, 0.5) is 14.5 Å². The molecule has 7 heteroatoms. The van der Waals surface area contributed by atoms with Gasteiger partial charge in [0.05, 0.1) is 10.6 Å². The second-order valence-electron chi connectivity index (χ2n) is 5.30. The zero-order valence-electron chi connectivity index (χ0n) is 12.3. The molecule has 0 bridgehead atoms. The molecule has 0 unspecified atom stereocenters. The minimum absolute atomic E-state index is 0.0585. The Labute approximate surface area is 134 Å². The summed E-state index contributed by atoms with van der Waals surface area (Å²) in [4.78, 5) is 1.75. The lowest BCUT2D eigenvalue weighted by molar-refractivity contribution is 0.383. The fourth-order valence-electron chi connectivity index (χ4n) is 2.65. The summed E-state index contributed by atoms with van der Waals surface area (Å²) < 4.78 is 53.4. The highest BCUT2D eigenvalue weighted by Crippen LogP contribution is 2.23. The Morgan fingerprint density at radius 2 is 1.57 bits per heavy atom. The van der Waals surface area contributed by atoms with Gasteiger partial charge in [-0.05, 0) is 30.3 Å². The zero-order chi connectivity index (χ0) is 16.4. The molecule has 0 aromatic heterocycles. The van der Waals surface area contributed by atoms with Gasteiger partial charge in [0.2, 0.25) is 10.0 Å². The van der Waals surface area contributed by atoms with Crippen molar-refractivity contribution < 1.29 is 17.2 Å². The zero-order valence-corrected chi connectivity index (χ0v) is 13.1. The summed E-state index contributed by atoms with van der Waals surface area (Å²) in [6.45, 7) is 1.23. The fraction of sp³-hybridized carbons (Fsp3) is 0.250. The SMILES string of the molecule is O=S(=O)(c1cccc(F)c1)N1CCN(c2ccccc2F)CC1. The maximum atomic E-state index is 13.8. The van der Waals surface area contributed by atoms with Crippen LogP contribution in [0.5, 0.6) is 0 Å². The molecule has 4 nitrogen and oxygen atoms in total. The smallest absolute Gasteiger partial charge is 0.243 e. The Morgan fingerprint density at radius 1 is 0.870 bits per heavy atom. The lowest BCUT2D eigenvalue weighted by atomic mass is 10.2. The van der Waals surface area contributed by atoms with E-state index in [0.29, 0.717) is 18.8 Å². The summed E-state index contributed by atoms with van der Waals surface area (Å²) >= 11 is 0. The Balaban J connectivity index is 1.75. The highest BCUT2D eigenvalue weighted by Gasteiger charge is 2.29. The average molecular weight is 338 g/mol. The second kappa shape index (κ2) is 6.25. The number of sulfonamides is 1. The molecule has 2 aromatic rings. The van der Waals surface area contributed by atoms with E-state index in [9.17, 15) is 17.2 Å². The van der Waals surface area contributed by atoms with Gasteiger partial charge in [0.15, 0.2) is 0 Å². The highest BCUT2D eigenvalue weighted by atomic mass is 32.2. The van der Waals surface area contributed by atoms with Crippen molar-refractivity contribution in [1.82, 2.24) is 4.31 Å². The number of piperazine rings is 1. The first kappa shape index (κ1) is 15.9. The summed E-state index contributed by atoms with van der Waals surface area (Å²) in [5.41, 5.74) is 0.468. The molecule has 2 aromatic carbocycles. The predicted molar refractivity (Wildman–Crippen MR) is 83.8 cm³/mol. The van der Waals surface area contributed by atoms with Crippen LogP contribution in [-0.4, -0.2) is 38.9 Å². The molecule has 0 spiro atoms. The Morgan fingerprint density at radius 3 is 2.22 bits per heavy atom. The fourth-order valence-corrected chi connectivity index (χ4v) is 4.11. The normalized spacial score (nSPS) is 16.5. The maximum Gasteiger partial charge on any atom is 0.243 e. The van der Waals surface area contributed by atoms with Crippen molar-refractivity contribution in [2.24, 2.45) is 0 Å². The Kier molecular flexibility index (Phi) is 4.32. The number of hydrogen-bond donors (Lipinski definition) is 0. The quantitative estimate of drug-likeness (QED) is 0.863. The van der Waals surface area contributed by atoms with Crippen molar-refractivity contribution in [2.45, 2.75) is 4.90 Å². The van der Waals surface area contributed by atoms with Crippen LogP contribution in [0.25, 0.3) is 0 Å². The molecule has 3 rings (SSSR count). The topological polar surface area (TPSA) is 40.6 Å². The van der Waals surface area contributed by atoms with Crippen LogP contribution in [-0.2, 0) is 10.0 Å². The van der Waals surface area contributed by atoms with Gasteiger partial charge in [-0.3, -0.25) is 0 Å². The van der Waals surface area contributed by atoms with Gasteiger partial charge in [0, 0.05) is 26.2 Å². The van der Waals surface area contributed by atoms with Gasteiger partial charge in [-0.1, -0.05) is 18.2 Å². The third-order valence-electron chi connectivity index (χ3n) is 3.87. The third-order valence-corrected chi connectivity index (χ3v) is 5.76. The van der Waals surface area contributed by atoms with Crippen LogP contribution in [0.3, 0.4) is 0 Å². The van der Waals surface area contributed by atoms with E-state index in [2.05, 4.69) is 0 Å². The largest absolute Gasteiger partial charge is 0.367 e. The third kappa shape index (κ3) is 3.20. The molecule has 0 N–H and O–H groups in total. The van der Waals surface area contributed by atoms with Gasteiger partial charge in [0.1, 0.15) is 11.6 Å². The molecule has 0 radical (unpaired) electrons. The highest BCUT2D eigenvalue weighted by molar-refractivity contribution is 7.89. The van der Waals surface area contributed by atoms with Crippen molar-refractivity contribution in [3.8, 4) is 0 Å². The number of halogens is 2. The van der Waals surface area contributed by atoms with Gasteiger partial charge in [-0.2, -0.15) is 4.31 Å². The van der Waals surface area contributed by atoms with E-state index in [1.54, 1.807) is 18.2 Å². The molecule has 1 saturated heterocycles. The standard InChI is InChI=1S/C16H16F2N2O2S/c17-13-4-3-5-14(12-13)23(21,22)20-10-8-19(9-11-20)16-7-2-1-6-15(16)18/h1-7,12H,8-11H2. The minimum Gasteiger partial charge on any atom is -0.367 e. The molecule has 122 valence electrons. The first-order chi connectivity index (χ1) is 11.0. The van der Waals surface area contributed by atoms with Crippen LogP contribution < -0.4 is 4.90 Å². The molecular weight excluding hydrogens is 322 g/mol. The lowest BCUT2D eigenvalue weighted by Crippen LogP contribution is -2.48.